The van der Waals surface area contributed by atoms with Crippen molar-refractivity contribution < 1.29 is 18.7 Å². The van der Waals surface area contributed by atoms with E-state index in [0.29, 0.717) is 12.3 Å². The molecule has 0 aromatic heterocycles. The Hall–Kier alpha value is -4.26. The normalized spacial score (nSPS) is 19.0. The summed E-state index contributed by atoms with van der Waals surface area (Å²) in [5.74, 6) is -2.05. The second kappa shape index (κ2) is 11.5. The van der Waals surface area contributed by atoms with Crippen LogP contribution < -0.4 is 10.2 Å². The Kier molecular flexibility index (Phi) is 7.83. The number of nitrogens with zero attached hydrogens (tertiary/aromatic N) is 1. The van der Waals surface area contributed by atoms with Gasteiger partial charge in [-0.15, -0.1) is 0 Å². The van der Waals surface area contributed by atoms with Crippen LogP contribution in [0.15, 0.2) is 66.9 Å². The van der Waals surface area contributed by atoms with Crippen LogP contribution in [0.4, 0.5) is 14.5 Å². The van der Waals surface area contributed by atoms with E-state index in [9.17, 15) is 4.79 Å². The lowest BCUT2D eigenvalue weighted by molar-refractivity contribution is -0.131. The maximum Gasteiger partial charge on any atom is 0.328 e. The number of hydrogen-bond donors (Lipinski definition) is 3. The predicted octanol–water partition coefficient (Wildman–Crippen LogP) is 7.08. The molecule has 2 aliphatic rings. The van der Waals surface area contributed by atoms with E-state index < -0.39 is 23.6 Å². The fourth-order valence-corrected chi connectivity index (χ4v) is 5.63. The zero-order chi connectivity index (χ0) is 28.4. The smallest absolute Gasteiger partial charge is 0.328 e. The molecule has 5 nitrogen and oxygen atoms in total. The minimum Gasteiger partial charge on any atom is -0.478 e. The highest BCUT2D eigenvalue weighted by molar-refractivity contribution is 6.08. The molecule has 2 atom stereocenters. The lowest BCUT2D eigenvalue weighted by Gasteiger charge is -2.44. The molecule has 1 aliphatic carbocycles. The number of carboxylic acid groups (broad SMARTS) is 1. The highest BCUT2D eigenvalue weighted by Gasteiger charge is 2.37. The van der Waals surface area contributed by atoms with Crippen molar-refractivity contribution in [2.75, 3.05) is 11.4 Å². The molecule has 1 aliphatic heterocycles. The Labute approximate surface area is 233 Å². The van der Waals surface area contributed by atoms with Crippen LogP contribution in [-0.2, 0) is 11.2 Å². The van der Waals surface area contributed by atoms with Gasteiger partial charge in [-0.2, -0.15) is 0 Å². The maximum absolute atomic E-state index is 15.8. The Balaban J connectivity index is 1.65. The van der Waals surface area contributed by atoms with Crippen LogP contribution in [0.3, 0.4) is 0 Å². The topological polar surface area (TPSA) is 76.4 Å². The summed E-state index contributed by atoms with van der Waals surface area (Å²) >= 11 is 0. The van der Waals surface area contributed by atoms with Gasteiger partial charge in [0.15, 0.2) is 0 Å². The van der Waals surface area contributed by atoms with Crippen molar-refractivity contribution >= 4 is 29.5 Å². The summed E-state index contributed by atoms with van der Waals surface area (Å²) in [5, 5.41) is 20.0. The standard InChI is InChI=1S/C33H33F2N3O2/c1-3-37-19-26(18-36)24-9-12-28-25(17-24)14-20(2)38(27-10-7-23(8-11-27)22-5-6-22)33(28)32-29(34)15-21(16-30(32)35)4-13-31(39)40/h4,7-13,15-20,22,33,36-37H,3,5-6,14H2,1-2H3,(H,39,40)/b13-4+,26-19+,36-18?. The zero-order valence-electron chi connectivity index (χ0n) is 22.6. The van der Waals surface area contributed by atoms with Crippen molar-refractivity contribution in [2.24, 2.45) is 0 Å². The molecule has 5 rings (SSSR count). The van der Waals surface area contributed by atoms with Crippen molar-refractivity contribution in [1.29, 1.82) is 5.41 Å². The lowest BCUT2D eigenvalue weighted by Crippen LogP contribution is -2.43. The number of carboxylic acids is 1. The third-order valence-electron chi connectivity index (χ3n) is 7.69. The quantitative estimate of drug-likeness (QED) is 0.200. The fraction of sp³-hybridized carbons (Fsp3) is 0.273. The minimum absolute atomic E-state index is 0.0743. The molecule has 40 heavy (non-hydrogen) atoms. The summed E-state index contributed by atoms with van der Waals surface area (Å²) in [5.41, 5.74) is 5.59. The molecular formula is C33H33F2N3O2. The molecule has 0 spiro atoms. The van der Waals surface area contributed by atoms with Gasteiger partial charge in [0, 0.05) is 42.3 Å². The second-order valence-corrected chi connectivity index (χ2v) is 10.5. The van der Waals surface area contributed by atoms with Gasteiger partial charge in [0.05, 0.1) is 11.6 Å². The molecule has 0 amide bonds. The van der Waals surface area contributed by atoms with E-state index in [-0.39, 0.29) is 17.2 Å². The molecule has 3 aromatic rings. The first kappa shape index (κ1) is 27.3. The SMILES string of the molecule is CCN/C=C(\C=N)c1ccc2c(c1)CC(C)N(c1ccc(C3CC3)cc1)C2c1c(F)cc(/C=C/C(=O)O)cc1F. The molecule has 3 aromatic carbocycles. The number of hydrogen-bond acceptors (Lipinski definition) is 4. The van der Waals surface area contributed by atoms with E-state index in [1.165, 1.54) is 42.8 Å². The Bertz CT molecular complexity index is 1470. The van der Waals surface area contributed by atoms with Gasteiger partial charge in [0.1, 0.15) is 11.6 Å². The Morgan fingerprint density at radius 2 is 1.80 bits per heavy atom. The van der Waals surface area contributed by atoms with E-state index >= 15 is 8.78 Å². The summed E-state index contributed by atoms with van der Waals surface area (Å²) in [6, 6.07) is 15.7. The van der Waals surface area contributed by atoms with Crippen LogP contribution in [-0.4, -0.2) is 29.9 Å². The Morgan fingerprint density at radius 3 is 2.40 bits per heavy atom. The van der Waals surface area contributed by atoms with Gasteiger partial charge in [0.2, 0.25) is 0 Å². The van der Waals surface area contributed by atoms with Crippen molar-refractivity contribution in [3.63, 3.8) is 0 Å². The largest absolute Gasteiger partial charge is 0.478 e. The van der Waals surface area contributed by atoms with Gasteiger partial charge < -0.3 is 20.7 Å². The summed E-state index contributed by atoms with van der Waals surface area (Å²) in [6.07, 6.45) is 8.20. The molecule has 1 saturated carbocycles. The van der Waals surface area contributed by atoms with Gasteiger partial charge in [-0.05, 0) is 97.2 Å². The summed E-state index contributed by atoms with van der Waals surface area (Å²) in [4.78, 5) is 13.0. The lowest BCUT2D eigenvalue weighted by atomic mass is 9.82. The van der Waals surface area contributed by atoms with E-state index in [1.807, 2.05) is 37.3 Å². The number of fused-ring (bicyclic) bond motifs is 1. The number of rotatable bonds is 9. The molecular weight excluding hydrogens is 508 g/mol. The monoisotopic (exact) mass is 541 g/mol. The molecule has 3 N–H and O–H groups in total. The highest BCUT2D eigenvalue weighted by atomic mass is 19.1. The van der Waals surface area contributed by atoms with Crippen LogP contribution >= 0.6 is 0 Å². The fourth-order valence-electron chi connectivity index (χ4n) is 5.63. The van der Waals surface area contributed by atoms with Crippen molar-refractivity contribution in [2.45, 2.75) is 51.1 Å². The number of benzene rings is 3. The van der Waals surface area contributed by atoms with Crippen molar-refractivity contribution in [3.8, 4) is 0 Å². The first-order valence-electron chi connectivity index (χ1n) is 13.7. The van der Waals surface area contributed by atoms with Crippen molar-refractivity contribution in [1.82, 2.24) is 5.32 Å². The van der Waals surface area contributed by atoms with Crippen LogP contribution in [0.1, 0.15) is 72.0 Å². The molecule has 7 heteroatoms. The van der Waals surface area contributed by atoms with Crippen LogP contribution in [0.5, 0.6) is 0 Å². The van der Waals surface area contributed by atoms with Gasteiger partial charge in [-0.25, -0.2) is 13.6 Å². The van der Waals surface area contributed by atoms with Gasteiger partial charge in [0.25, 0.3) is 0 Å². The number of carbonyl (C=O) groups is 1. The van der Waals surface area contributed by atoms with Crippen molar-refractivity contribution in [3.05, 3.63) is 112 Å². The molecule has 1 fully saturated rings. The average molecular weight is 542 g/mol. The molecule has 0 radical (unpaired) electrons. The average Bonchev–Trinajstić information content (AvgIpc) is 3.78. The first-order valence-corrected chi connectivity index (χ1v) is 13.7. The summed E-state index contributed by atoms with van der Waals surface area (Å²) < 4.78 is 31.6. The number of aliphatic carboxylic acids is 1. The molecule has 1 heterocycles. The van der Waals surface area contributed by atoms with Gasteiger partial charge in [-0.1, -0.05) is 30.3 Å². The molecule has 2 unspecified atom stereocenters. The third-order valence-corrected chi connectivity index (χ3v) is 7.69. The zero-order valence-corrected chi connectivity index (χ0v) is 22.6. The van der Waals surface area contributed by atoms with Crippen LogP contribution in [0.25, 0.3) is 11.6 Å². The predicted molar refractivity (Wildman–Crippen MR) is 156 cm³/mol. The van der Waals surface area contributed by atoms with Crippen LogP contribution in [0, 0.1) is 17.0 Å². The minimum atomic E-state index is -1.19. The van der Waals surface area contributed by atoms with E-state index in [1.54, 1.807) is 6.20 Å². The van der Waals surface area contributed by atoms with E-state index in [4.69, 9.17) is 10.5 Å². The molecule has 0 saturated heterocycles. The van der Waals surface area contributed by atoms with Crippen LogP contribution in [0.2, 0.25) is 0 Å². The third kappa shape index (κ3) is 5.55. The van der Waals surface area contributed by atoms with Gasteiger partial charge in [-0.3, -0.25) is 0 Å². The second-order valence-electron chi connectivity index (χ2n) is 10.5. The number of nitrogens with one attached hydrogen (secondary N) is 2. The number of halogens is 2. The molecule has 0 bridgehead atoms. The number of anilines is 1. The highest BCUT2D eigenvalue weighted by Crippen LogP contribution is 2.45. The first-order chi connectivity index (χ1) is 19.3. The van der Waals surface area contributed by atoms with E-state index in [2.05, 4.69) is 29.3 Å². The van der Waals surface area contributed by atoms with E-state index in [0.717, 1.165) is 40.6 Å². The summed E-state index contributed by atoms with van der Waals surface area (Å²) in [6.45, 7) is 4.77. The molecule has 206 valence electrons. The number of allylic oxidation sites excluding steroid dienone is 1. The maximum atomic E-state index is 15.8. The Morgan fingerprint density at radius 1 is 1.10 bits per heavy atom. The summed E-state index contributed by atoms with van der Waals surface area (Å²) in [7, 11) is 0. The van der Waals surface area contributed by atoms with Gasteiger partial charge >= 0.3 is 5.97 Å².